The summed E-state index contributed by atoms with van der Waals surface area (Å²) in [4.78, 5) is 7.64. The highest BCUT2D eigenvalue weighted by Gasteiger charge is 2.15. The minimum atomic E-state index is 0.00289. The van der Waals surface area contributed by atoms with Crippen LogP contribution in [0.1, 0.15) is 11.3 Å². The molecular weight excluding hydrogens is 270 g/mol. The fourth-order valence-electron chi connectivity index (χ4n) is 2.32. The van der Waals surface area contributed by atoms with Gasteiger partial charge in [0.2, 0.25) is 0 Å². The van der Waals surface area contributed by atoms with Crippen LogP contribution in [0.3, 0.4) is 0 Å². The summed E-state index contributed by atoms with van der Waals surface area (Å²) in [5, 5.41) is 11.6. The second-order valence-electron chi connectivity index (χ2n) is 4.75. The van der Waals surface area contributed by atoms with Crippen LogP contribution in [0.5, 0.6) is 0 Å². The Balaban J connectivity index is 1.78. The Bertz CT molecular complexity index is 690. The van der Waals surface area contributed by atoms with E-state index in [1.807, 2.05) is 29.1 Å². The van der Waals surface area contributed by atoms with E-state index < -0.39 is 0 Å². The average molecular weight is 287 g/mol. The lowest BCUT2D eigenvalue weighted by Crippen LogP contribution is -2.22. The zero-order valence-corrected chi connectivity index (χ0v) is 12.2. The Morgan fingerprint density at radius 2 is 2.10 bits per heavy atom. The minimum absolute atomic E-state index is 0.00289. The van der Waals surface area contributed by atoms with Crippen LogP contribution >= 0.6 is 11.3 Å². The van der Waals surface area contributed by atoms with Crippen LogP contribution in [0.15, 0.2) is 41.9 Å². The topological polar surface area (TPSA) is 40.8 Å². The zero-order valence-electron chi connectivity index (χ0n) is 11.4. The van der Waals surface area contributed by atoms with Gasteiger partial charge in [-0.25, -0.2) is 4.98 Å². The molecule has 3 rings (SSSR count). The van der Waals surface area contributed by atoms with Gasteiger partial charge in [-0.05, 0) is 12.0 Å². The van der Waals surface area contributed by atoms with E-state index in [9.17, 15) is 5.11 Å². The van der Waals surface area contributed by atoms with Crippen molar-refractivity contribution in [3.63, 3.8) is 0 Å². The maximum atomic E-state index is 9.57. The number of anilines is 1. The lowest BCUT2D eigenvalue weighted by atomic mass is 10.1. The number of hydrogen-bond donors (Lipinski definition) is 1. The molecule has 0 amide bonds. The Morgan fingerprint density at radius 1 is 1.30 bits per heavy atom. The minimum Gasteiger partial charge on any atom is -0.390 e. The summed E-state index contributed by atoms with van der Waals surface area (Å²) in [6.45, 7) is 0.880. The first-order chi connectivity index (χ1) is 9.79. The number of aliphatic hydroxyl groups excluding tert-OH is 1. The molecule has 2 heterocycles. The average Bonchev–Trinajstić information content (AvgIpc) is 3.06. The summed E-state index contributed by atoms with van der Waals surface area (Å²) < 4.78 is 1.96. The number of fused-ring (bicyclic) bond motifs is 1. The molecular formula is C15H17N3OS. The van der Waals surface area contributed by atoms with Crippen LogP contribution < -0.4 is 4.90 Å². The molecule has 0 saturated carbocycles. The van der Waals surface area contributed by atoms with E-state index in [0.717, 1.165) is 29.4 Å². The second-order valence-corrected chi connectivity index (χ2v) is 5.63. The monoisotopic (exact) mass is 287 g/mol. The number of aromatic nitrogens is 2. The molecule has 0 aliphatic carbocycles. The molecule has 0 bridgehead atoms. The van der Waals surface area contributed by atoms with E-state index in [1.165, 1.54) is 5.56 Å². The quantitative estimate of drug-likeness (QED) is 0.784. The third-order valence-electron chi connectivity index (χ3n) is 3.43. The van der Waals surface area contributed by atoms with E-state index >= 15 is 0 Å². The number of rotatable bonds is 5. The van der Waals surface area contributed by atoms with Crippen molar-refractivity contribution in [2.24, 2.45) is 0 Å². The fourth-order valence-corrected chi connectivity index (χ4v) is 3.05. The molecule has 0 spiro atoms. The molecule has 0 unspecified atom stereocenters. The van der Waals surface area contributed by atoms with Crippen LogP contribution in [-0.2, 0) is 13.0 Å². The molecule has 1 aromatic carbocycles. The van der Waals surface area contributed by atoms with E-state index in [4.69, 9.17) is 0 Å². The number of benzene rings is 1. The summed E-state index contributed by atoms with van der Waals surface area (Å²) >= 11 is 1.58. The molecule has 0 aliphatic heterocycles. The van der Waals surface area contributed by atoms with Crippen molar-refractivity contribution in [1.82, 2.24) is 9.38 Å². The summed E-state index contributed by atoms with van der Waals surface area (Å²) in [6.07, 6.45) is 2.92. The smallest absolute Gasteiger partial charge is 0.195 e. The Morgan fingerprint density at radius 3 is 2.85 bits per heavy atom. The standard InChI is InChI=1S/C15H17N3OS/c1-17(8-7-12-5-3-2-4-6-12)14-13(11-19)18-9-10-20-15(18)16-14/h2-6,9-10,19H,7-8,11H2,1H3. The van der Waals surface area contributed by atoms with Crippen LogP contribution in [0, 0.1) is 0 Å². The van der Waals surface area contributed by atoms with Gasteiger partial charge < -0.3 is 10.0 Å². The van der Waals surface area contributed by atoms with E-state index in [1.54, 1.807) is 11.3 Å². The maximum absolute atomic E-state index is 9.57. The Kier molecular flexibility index (Phi) is 3.71. The molecule has 1 N–H and O–H groups in total. The van der Waals surface area contributed by atoms with Gasteiger partial charge in [0.25, 0.3) is 0 Å². The van der Waals surface area contributed by atoms with Crippen molar-refractivity contribution >= 4 is 22.1 Å². The van der Waals surface area contributed by atoms with Crippen molar-refractivity contribution in [1.29, 1.82) is 0 Å². The van der Waals surface area contributed by atoms with Gasteiger partial charge in [0.1, 0.15) is 0 Å². The van der Waals surface area contributed by atoms with Gasteiger partial charge in [0, 0.05) is 25.2 Å². The molecule has 0 saturated heterocycles. The first kappa shape index (κ1) is 13.1. The summed E-state index contributed by atoms with van der Waals surface area (Å²) in [5.74, 6) is 0.871. The Hall–Kier alpha value is -1.85. The van der Waals surface area contributed by atoms with Crippen molar-refractivity contribution in [2.75, 3.05) is 18.5 Å². The Labute approximate surface area is 121 Å². The number of aliphatic hydroxyl groups is 1. The SMILES string of the molecule is CN(CCc1ccccc1)c1nc2sccn2c1CO. The predicted molar refractivity (Wildman–Crippen MR) is 82.4 cm³/mol. The van der Waals surface area contributed by atoms with Gasteiger partial charge in [0.15, 0.2) is 10.8 Å². The van der Waals surface area contributed by atoms with Gasteiger partial charge in [-0.2, -0.15) is 0 Å². The molecule has 104 valence electrons. The largest absolute Gasteiger partial charge is 0.390 e. The highest BCUT2D eigenvalue weighted by molar-refractivity contribution is 7.15. The van der Waals surface area contributed by atoms with Crippen LogP contribution in [0.4, 0.5) is 5.82 Å². The molecule has 0 fully saturated rings. The molecule has 3 aromatic rings. The number of likely N-dealkylation sites (N-methyl/N-ethyl adjacent to an activating group) is 1. The first-order valence-corrected chi connectivity index (χ1v) is 7.48. The molecule has 2 aromatic heterocycles. The van der Waals surface area contributed by atoms with Gasteiger partial charge in [-0.3, -0.25) is 4.40 Å². The van der Waals surface area contributed by atoms with Crippen molar-refractivity contribution in [3.8, 4) is 0 Å². The third kappa shape index (κ3) is 2.42. The maximum Gasteiger partial charge on any atom is 0.195 e. The first-order valence-electron chi connectivity index (χ1n) is 6.60. The molecule has 5 heteroatoms. The molecule has 0 aliphatic rings. The van der Waals surface area contributed by atoms with Crippen LogP contribution in [-0.4, -0.2) is 28.1 Å². The lowest BCUT2D eigenvalue weighted by Gasteiger charge is -2.17. The molecule has 20 heavy (non-hydrogen) atoms. The van der Waals surface area contributed by atoms with Crippen molar-refractivity contribution in [2.45, 2.75) is 13.0 Å². The van der Waals surface area contributed by atoms with E-state index in [0.29, 0.717) is 0 Å². The molecule has 4 nitrogen and oxygen atoms in total. The highest BCUT2D eigenvalue weighted by Crippen LogP contribution is 2.24. The van der Waals surface area contributed by atoms with Crippen molar-refractivity contribution in [3.05, 3.63) is 53.2 Å². The van der Waals surface area contributed by atoms with Crippen molar-refractivity contribution < 1.29 is 5.11 Å². The van der Waals surface area contributed by atoms with E-state index in [2.05, 4.69) is 34.1 Å². The van der Waals surface area contributed by atoms with Gasteiger partial charge in [-0.1, -0.05) is 30.3 Å². The van der Waals surface area contributed by atoms with Gasteiger partial charge in [0.05, 0.1) is 12.3 Å². The molecule has 0 radical (unpaired) electrons. The zero-order chi connectivity index (χ0) is 13.9. The highest BCUT2D eigenvalue weighted by atomic mass is 32.1. The number of thiazole rings is 1. The van der Waals surface area contributed by atoms with E-state index in [-0.39, 0.29) is 6.61 Å². The number of hydrogen-bond acceptors (Lipinski definition) is 4. The number of nitrogens with zero attached hydrogens (tertiary/aromatic N) is 3. The lowest BCUT2D eigenvalue weighted by molar-refractivity contribution is 0.276. The van der Waals surface area contributed by atoms with Crippen LogP contribution in [0.25, 0.3) is 4.96 Å². The van der Waals surface area contributed by atoms with Gasteiger partial charge in [-0.15, -0.1) is 11.3 Å². The molecule has 0 atom stereocenters. The normalized spacial score (nSPS) is 11.1. The summed E-state index contributed by atoms with van der Waals surface area (Å²) in [5.41, 5.74) is 2.17. The third-order valence-corrected chi connectivity index (χ3v) is 4.19. The van der Waals surface area contributed by atoms with Crippen LogP contribution in [0.2, 0.25) is 0 Å². The fraction of sp³-hybridized carbons (Fsp3) is 0.267. The summed E-state index contributed by atoms with van der Waals surface area (Å²) in [7, 11) is 2.02. The summed E-state index contributed by atoms with van der Waals surface area (Å²) in [6, 6.07) is 10.4. The van der Waals surface area contributed by atoms with Gasteiger partial charge >= 0.3 is 0 Å². The second kappa shape index (κ2) is 5.64. The predicted octanol–water partition coefficient (Wildman–Crippen LogP) is 2.57. The number of imidazole rings is 1.